The molecule has 5 fully saturated rings. The topological polar surface area (TPSA) is 59.0 Å². The summed E-state index contributed by atoms with van der Waals surface area (Å²) in [5, 5.41) is 11.3. The highest BCUT2D eigenvalue weighted by Gasteiger charge is 2.79. The molecule has 0 aromatic carbocycles. The molecule has 5 rings (SSSR count). The standard InChI is InChI=1S/C17H25NO4/c1-3-5-7-16-13-6-8-18(16)12-10-14(16)22-17(13,20)11(12)9-15(19)21-4-2/h5,7,11-14,20H,3-4,6,8-10H2,1-2H3/b7-5+/t11-,12+,13-,14+,16+,17-/m1/s1. The summed E-state index contributed by atoms with van der Waals surface area (Å²) < 4.78 is 11.2. The van der Waals surface area contributed by atoms with Crippen LogP contribution in [-0.2, 0) is 14.3 Å². The molecule has 0 saturated carbocycles. The number of piperidine rings is 1. The van der Waals surface area contributed by atoms with Gasteiger partial charge in [0.05, 0.1) is 24.7 Å². The molecule has 7 atom stereocenters. The van der Waals surface area contributed by atoms with E-state index in [4.69, 9.17) is 9.47 Å². The SMILES string of the molecule is CC/C=C/[C@@]12[C@@H]3C[C@H]4[C@@H](CC(=O)OCC)[C@@](O)(O3)[C@@H]1CCN42. The monoisotopic (exact) mass is 307 g/mol. The molecule has 22 heavy (non-hydrogen) atoms. The Bertz CT molecular complexity index is 521. The lowest BCUT2D eigenvalue weighted by Crippen LogP contribution is -2.61. The van der Waals surface area contributed by atoms with Crippen molar-refractivity contribution in [1.82, 2.24) is 4.90 Å². The van der Waals surface area contributed by atoms with Crippen molar-refractivity contribution in [1.29, 1.82) is 0 Å². The van der Waals surface area contributed by atoms with Crippen LogP contribution in [0.2, 0.25) is 0 Å². The second-order valence-corrected chi connectivity index (χ2v) is 7.01. The molecule has 0 aromatic heterocycles. The first kappa shape index (κ1) is 14.7. The van der Waals surface area contributed by atoms with Gasteiger partial charge in [-0.25, -0.2) is 0 Å². The fourth-order valence-electron chi connectivity index (χ4n) is 5.59. The minimum atomic E-state index is -1.16. The molecule has 5 aliphatic heterocycles. The molecule has 5 heteroatoms. The number of carbonyl (C=O) groups excluding carboxylic acids is 1. The van der Waals surface area contributed by atoms with Crippen LogP contribution in [0, 0.1) is 11.8 Å². The van der Waals surface area contributed by atoms with Crippen LogP contribution in [0.25, 0.3) is 0 Å². The minimum Gasteiger partial charge on any atom is -0.466 e. The van der Waals surface area contributed by atoms with Gasteiger partial charge < -0.3 is 14.6 Å². The van der Waals surface area contributed by atoms with Crippen molar-refractivity contribution in [3.05, 3.63) is 12.2 Å². The lowest BCUT2D eigenvalue weighted by Gasteiger charge is -2.48. The van der Waals surface area contributed by atoms with E-state index in [0.717, 1.165) is 25.8 Å². The third-order valence-corrected chi connectivity index (χ3v) is 6.22. The number of rotatable bonds is 5. The zero-order valence-electron chi connectivity index (χ0n) is 13.3. The maximum Gasteiger partial charge on any atom is 0.306 e. The summed E-state index contributed by atoms with van der Waals surface area (Å²) >= 11 is 0. The van der Waals surface area contributed by atoms with E-state index in [-0.39, 0.29) is 41.9 Å². The van der Waals surface area contributed by atoms with Gasteiger partial charge in [0.25, 0.3) is 0 Å². The number of aliphatic hydroxyl groups is 1. The van der Waals surface area contributed by atoms with Crippen LogP contribution in [0.5, 0.6) is 0 Å². The van der Waals surface area contributed by atoms with Gasteiger partial charge >= 0.3 is 5.97 Å². The van der Waals surface area contributed by atoms with E-state index >= 15 is 0 Å². The van der Waals surface area contributed by atoms with Gasteiger partial charge in [0, 0.05) is 17.9 Å². The largest absolute Gasteiger partial charge is 0.466 e. The summed E-state index contributed by atoms with van der Waals surface area (Å²) in [5.74, 6) is -1.48. The third kappa shape index (κ3) is 1.57. The Balaban J connectivity index is 1.67. The van der Waals surface area contributed by atoms with E-state index in [2.05, 4.69) is 24.0 Å². The van der Waals surface area contributed by atoms with Crippen molar-refractivity contribution in [2.75, 3.05) is 13.2 Å². The first-order chi connectivity index (χ1) is 10.6. The number of esters is 1. The Morgan fingerprint density at radius 2 is 2.32 bits per heavy atom. The number of nitrogens with zero attached hydrogens (tertiary/aromatic N) is 1. The molecule has 0 spiro atoms. The van der Waals surface area contributed by atoms with E-state index < -0.39 is 5.79 Å². The average Bonchev–Trinajstić information content (AvgIpc) is 3.02. The highest BCUT2D eigenvalue weighted by atomic mass is 16.6. The molecular formula is C17H25NO4. The first-order valence-electron chi connectivity index (χ1n) is 8.58. The molecule has 0 amide bonds. The van der Waals surface area contributed by atoms with Gasteiger partial charge in [-0.2, -0.15) is 0 Å². The fraction of sp³-hybridized carbons (Fsp3) is 0.824. The zero-order valence-corrected chi connectivity index (χ0v) is 13.3. The Labute approximate surface area is 131 Å². The number of allylic oxidation sites excluding steroid dienone is 1. The fourth-order valence-corrected chi connectivity index (χ4v) is 5.59. The summed E-state index contributed by atoms with van der Waals surface area (Å²) in [6.45, 7) is 5.31. The highest BCUT2D eigenvalue weighted by Crippen LogP contribution is 2.67. The van der Waals surface area contributed by atoms with Crippen LogP contribution in [0.1, 0.15) is 39.5 Å². The van der Waals surface area contributed by atoms with E-state index in [1.807, 2.05) is 6.92 Å². The highest BCUT2D eigenvalue weighted by molar-refractivity contribution is 5.70. The van der Waals surface area contributed by atoms with E-state index in [1.54, 1.807) is 0 Å². The predicted octanol–water partition coefficient (Wildman–Crippen LogP) is 1.46. The second kappa shape index (κ2) is 4.79. The summed E-state index contributed by atoms with van der Waals surface area (Å²) in [4.78, 5) is 14.5. The van der Waals surface area contributed by atoms with E-state index in [1.165, 1.54) is 0 Å². The lowest BCUT2D eigenvalue weighted by atomic mass is 9.72. The molecule has 5 heterocycles. The van der Waals surface area contributed by atoms with Crippen LogP contribution in [0.4, 0.5) is 0 Å². The molecule has 0 radical (unpaired) electrons. The number of ether oxygens (including phenoxy) is 2. The number of hydrogen-bond acceptors (Lipinski definition) is 5. The van der Waals surface area contributed by atoms with Gasteiger partial charge in [-0.15, -0.1) is 0 Å². The van der Waals surface area contributed by atoms with Crippen LogP contribution in [0.3, 0.4) is 0 Å². The number of hydrogen-bond donors (Lipinski definition) is 1. The Hall–Kier alpha value is -0.910. The first-order valence-corrected chi connectivity index (χ1v) is 8.58. The molecule has 5 nitrogen and oxygen atoms in total. The maximum absolute atomic E-state index is 12.0. The van der Waals surface area contributed by atoms with E-state index in [9.17, 15) is 9.90 Å². The van der Waals surface area contributed by atoms with Gasteiger partial charge in [-0.3, -0.25) is 9.69 Å². The van der Waals surface area contributed by atoms with Crippen molar-refractivity contribution in [3.8, 4) is 0 Å². The molecule has 122 valence electrons. The summed E-state index contributed by atoms with van der Waals surface area (Å²) in [7, 11) is 0. The van der Waals surface area contributed by atoms with Crippen LogP contribution in [-0.4, -0.2) is 52.6 Å². The summed E-state index contributed by atoms with van der Waals surface area (Å²) in [5.41, 5.74) is -0.138. The van der Waals surface area contributed by atoms with Crippen LogP contribution >= 0.6 is 0 Å². The molecule has 0 aromatic rings. The molecule has 5 saturated heterocycles. The van der Waals surface area contributed by atoms with Crippen LogP contribution < -0.4 is 0 Å². The molecule has 1 unspecified atom stereocenters. The normalized spacial score (nSPS) is 51.1. The minimum absolute atomic E-state index is 0.0660. The molecule has 1 N–H and O–H groups in total. The smallest absolute Gasteiger partial charge is 0.306 e. The van der Waals surface area contributed by atoms with Gasteiger partial charge in [-0.1, -0.05) is 19.1 Å². The van der Waals surface area contributed by atoms with Gasteiger partial charge in [0.15, 0.2) is 5.79 Å². The number of carbonyl (C=O) groups is 1. The average molecular weight is 307 g/mol. The summed E-state index contributed by atoms with van der Waals surface area (Å²) in [6.07, 6.45) is 7.63. The van der Waals surface area contributed by atoms with Gasteiger partial charge in [-0.05, 0) is 32.7 Å². The Morgan fingerprint density at radius 1 is 1.50 bits per heavy atom. The third-order valence-electron chi connectivity index (χ3n) is 6.22. The lowest BCUT2D eigenvalue weighted by molar-refractivity contribution is -0.274. The second-order valence-electron chi connectivity index (χ2n) is 7.01. The van der Waals surface area contributed by atoms with Crippen molar-refractivity contribution < 1.29 is 19.4 Å². The quantitative estimate of drug-likeness (QED) is 0.615. The Morgan fingerprint density at radius 3 is 3.05 bits per heavy atom. The molecular weight excluding hydrogens is 282 g/mol. The van der Waals surface area contributed by atoms with Crippen molar-refractivity contribution in [2.45, 2.75) is 63.0 Å². The molecule has 6 bridgehead atoms. The predicted molar refractivity (Wildman–Crippen MR) is 79.9 cm³/mol. The zero-order chi connectivity index (χ0) is 15.5. The van der Waals surface area contributed by atoms with Gasteiger partial charge in [0.1, 0.15) is 0 Å². The van der Waals surface area contributed by atoms with Crippen molar-refractivity contribution >= 4 is 5.97 Å². The van der Waals surface area contributed by atoms with Gasteiger partial charge in [0.2, 0.25) is 0 Å². The summed E-state index contributed by atoms with van der Waals surface area (Å²) in [6, 6.07) is 0.230. The van der Waals surface area contributed by atoms with E-state index in [0.29, 0.717) is 6.61 Å². The van der Waals surface area contributed by atoms with Crippen LogP contribution in [0.15, 0.2) is 12.2 Å². The Kier molecular flexibility index (Phi) is 3.19. The van der Waals surface area contributed by atoms with Crippen molar-refractivity contribution in [2.24, 2.45) is 11.8 Å². The maximum atomic E-state index is 12.0. The van der Waals surface area contributed by atoms with Crippen molar-refractivity contribution in [3.63, 3.8) is 0 Å². The molecule has 0 aliphatic carbocycles. The molecule has 5 aliphatic rings.